The molecule has 0 radical (unpaired) electrons. The van der Waals surface area contributed by atoms with Crippen molar-refractivity contribution in [3.05, 3.63) is 47.9 Å². The topological polar surface area (TPSA) is 103 Å². The lowest BCUT2D eigenvalue weighted by Crippen LogP contribution is -2.50. The number of carbonyl (C=O) groups is 1. The zero-order valence-corrected chi connectivity index (χ0v) is 18.9. The van der Waals surface area contributed by atoms with Gasteiger partial charge in [0.1, 0.15) is 12.1 Å². The van der Waals surface area contributed by atoms with Crippen LogP contribution in [0, 0.1) is 11.3 Å². The van der Waals surface area contributed by atoms with E-state index in [0.29, 0.717) is 13.1 Å². The van der Waals surface area contributed by atoms with E-state index in [1.165, 1.54) is 0 Å². The number of benzene rings is 1. The molecule has 1 N–H and O–H groups in total. The van der Waals surface area contributed by atoms with Gasteiger partial charge < -0.3 is 10.2 Å². The van der Waals surface area contributed by atoms with Gasteiger partial charge in [0, 0.05) is 51.3 Å². The molecule has 0 atom stereocenters. The highest BCUT2D eigenvalue weighted by Gasteiger charge is 2.22. The summed E-state index contributed by atoms with van der Waals surface area (Å²) in [6.07, 6.45) is 3.39. The molecule has 2 aromatic heterocycles. The van der Waals surface area contributed by atoms with Gasteiger partial charge >= 0.3 is 0 Å². The molecule has 32 heavy (non-hydrogen) atoms. The van der Waals surface area contributed by atoms with Crippen LogP contribution < -0.4 is 10.2 Å². The number of hydrogen-bond acceptors (Lipinski definition) is 8. The molecule has 1 aliphatic heterocycles. The Labute approximate surface area is 191 Å². The highest BCUT2D eigenvalue weighted by Crippen LogP contribution is 2.23. The molecule has 1 fully saturated rings. The minimum absolute atomic E-state index is 0.0492. The molecule has 1 saturated heterocycles. The van der Waals surface area contributed by atoms with E-state index in [4.69, 9.17) is 5.26 Å². The Morgan fingerprint density at radius 2 is 2.03 bits per heavy atom. The van der Waals surface area contributed by atoms with E-state index in [9.17, 15) is 4.79 Å². The molecule has 0 unspecified atom stereocenters. The van der Waals surface area contributed by atoms with Crippen LogP contribution in [0.2, 0.25) is 0 Å². The van der Waals surface area contributed by atoms with Crippen LogP contribution in [0.3, 0.4) is 0 Å². The largest absolute Gasteiger partial charge is 0.354 e. The zero-order valence-electron chi connectivity index (χ0n) is 18.1. The molecule has 0 bridgehead atoms. The van der Waals surface area contributed by atoms with Gasteiger partial charge in [0.05, 0.1) is 29.8 Å². The molecular formula is C22H26N8OS. The Kier molecular flexibility index (Phi) is 7.19. The number of amides is 1. The van der Waals surface area contributed by atoms with Crippen LogP contribution >= 0.6 is 11.8 Å². The molecule has 0 spiro atoms. The number of carbonyl (C=O) groups excluding carboxylic acids is 1. The molecule has 4 rings (SSSR count). The van der Waals surface area contributed by atoms with Gasteiger partial charge in [0.2, 0.25) is 5.91 Å². The van der Waals surface area contributed by atoms with Crippen molar-refractivity contribution in [2.75, 3.05) is 49.9 Å². The predicted molar refractivity (Wildman–Crippen MR) is 125 cm³/mol. The monoisotopic (exact) mass is 450 g/mol. The van der Waals surface area contributed by atoms with Crippen molar-refractivity contribution < 1.29 is 4.79 Å². The molecule has 0 aliphatic carbocycles. The van der Waals surface area contributed by atoms with E-state index < -0.39 is 0 Å². The maximum absolute atomic E-state index is 12.3. The van der Waals surface area contributed by atoms with E-state index in [-0.39, 0.29) is 5.91 Å². The summed E-state index contributed by atoms with van der Waals surface area (Å²) in [6.45, 7) is 4.25. The third-order valence-corrected chi connectivity index (χ3v) is 6.52. The molecule has 0 saturated carbocycles. The number of nitriles is 1. The Balaban J connectivity index is 1.17. The highest BCUT2D eigenvalue weighted by molar-refractivity contribution is 7.98. The fraction of sp³-hybridized carbons (Fsp3) is 0.409. The minimum atomic E-state index is 0.0492. The number of hydrogen-bond donors (Lipinski definition) is 1. The first kappa shape index (κ1) is 22.0. The molecule has 9 nitrogen and oxygen atoms in total. The second-order valence-electron chi connectivity index (χ2n) is 7.64. The van der Waals surface area contributed by atoms with Crippen LogP contribution in [0.25, 0.3) is 11.0 Å². The maximum Gasteiger partial charge on any atom is 0.234 e. The summed E-state index contributed by atoms with van der Waals surface area (Å²) < 4.78 is 1.75. The second kappa shape index (κ2) is 10.4. The quantitative estimate of drug-likeness (QED) is 0.514. The number of fused-ring (bicyclic) bond motifs is 1. The fourth-order valence-corrected chi connectivity index (χ4v) is 4.64. The molecule has 1 aromatic carbocycles. The zero-order chi connectivity index (χ0) is 22.3. The van der Waals surface area contributed by atoms with Crippen LogP contribution in [0.1, 0.15) is 11.1 Å². The Morgan fingerprint density at radius 3 is 2.84 bits per heavy atom. The van der Waals surface area contributed by atoms with E-state index in [1.807, 2.05) is 31.3 Å². The maximum atomic E-state index is 12.3. The average molecular weight is 451 g/mol. The highest BCUT2D eigenvalue weighted by atomic mass is 32.2. The Bertz CT molecular complexity index is 1120. The van der Waals surface area contributed by atoms with Crippen LogP contribution in [-0.2, 0) is 17.6 Å². The van der Waals surface area contributed by atoms with Crippen molar-refractivity contribution in [2.24, 2.45) is 7.05 Å². The Hall–Kier alpha value is -3.16. The van der Waals surface area contributed by atoms with Gasteiger partial charge in [-0.3, -0.25) is 14.4 Å². The number of piperazine rings is 1. The van der Waals surface area contributed by atoms with Crippen LogP contribution in [0.15, 0.2) is 36.8 Å². The fourth-order valence-electron chi connectivity index (χ4n) is 3.78. The summed E-state index contributed by atoms with van der Waals surface area (Å²) in [4.78, 5) is 25.5. The number of thioether (sulfide) groups is 1. The molecule has 1 amide bonds. The molecule has 3 heterocycles. The lowest BCUT2D eigenvalue weighted by atomic mass is 10.1. The molecule has 1 aliphatic rings. The second-order valence-corrected chi connectivity index (χ2v) is 8.74. The van der Waals surface area contributed by atoms with Crippen molar-refractivity contribution in [3.8, 4) is 6.07 Å². The van der Waals surface area contributed by atoms with Crippen molar-refractivity contribution in [1.29, 1.82) is 5.26 Å². The third-order valence-electron chi connectivity index (χ3n) is 5.51. The van der Waals surface area contributed by atoms with Gasteiger partial charge in [-0.25, -0.2) is 9.97 Å². The van der Waals surface area contributed by atoms with Gasteiger partial charge in [-0.15, -0.1) is 0 Å². The third kappa shape index (κ3) is 5.18. The first-order valence-electron chi connectivity index (χ1n) is 10.6. The standard InChI is InChI=1S/C22H26N8OS/c1-28-21-19(13-27-28)22(26-16-25-21)30-9-7-29(8-10-30)14-20(31)24-6-11-32-15-18-5-3-2-4-17(18)12-23/h2-5,13,16H,6-11,14-15H2,1H3,(H,24,31). The van der Waals surface area contributed by atoms with Gasteiger partial charge in [0.25, 0.3) is 0 Å². The number of nitrogens with one attached hydrogen (secondary N) is 1. The summed E-state index contributed by atoms with van der Waals surface area (Å²) >= 11 is 1.72. The van der Waals surface area contributed by atoms with Gasteiger partial charge in [-0.1, -0.05) is 18.2 Å². The van der Waals surface area contributed by atoms with Gasteiger partial charge in [0.15, 0.2) is 5.65 Å². The minimum Gasteiger partial charge on any atom is -0.354 e. The van der Waals surface area contributed by atoms with E-state index in [1.54, 1.807) is 29.0 Å². The van der Waals surface area contributed by atoms with E-state index in [0.717, 1.165) is 65.7 Å². The first-order valence-corrected chi connectivity index (χ1v) is 11.7. The van der Waals surface area contributed by atoms with Crippen LogP contribution in [0.5, 0.6) is 0 Å². The predicted octanol–water partition coefficient (Wildman–Crippen LogP) is 1.41. The van der Waals surface area contributed by atoms with E-state index in [2.05, 4.69) is 36.3 Å². The SMILES string of the molecule is Cn1ncc2c(N3CCN(CC(=O)NCCSCc4ccccc4C#N)CC3)ncnc21. The van der Waals surface area contributed by atoms with Crippen molar-refractivity contribution in [3.63, 3.8) is 0 Å². The average Bonchev–Trinajstić information content (AvgIpc) is 3.20. The summed E-state index contributed by atoms with van der Waals surface area (Å²) in [7, 11) is 1.87. The summed E-state index contributed by atoms with van der Waals surface area (Å²) in [5.41, 5.74) is 2.58. The number of anilines is 1. The smallest absolute Gasteiger partial charge is 0.234 e. The summed E-state index contributed by atoms with van der Waals surface area (Å²) in [5, 5.41) is 17.4. The molecular weight excluding hydrogens is 424 g/mol. The number of nitrogens with zero attached hydrogens (tertiary/aromatic N) is 7. The van der Waals surface area contributed by atoms with E-state index >= 15 is 0 Å². The lowest BCUT2D eigenvalue weighted by Gasteiger charge is -2.35. The molecule has 10 heteroatoms. The Morgan fingerprint density at radius 1 is 1.22 bits per heavy atom. The number of rotatable bonds is 8. The lowest BCUT2D eigenvalue weighted by molar-refractivity contribution is -0.122. The first-order chi connectivity index (χ1) is 15.7. The van der Waals surface area contributed by atoms with Crippen molar-refractivity contribution in [2.45, 2.75) is 5.75 Å². The number of aromatic nitrogens is 4. The molecule has 166 valence electrons. The number of aryl methyl sites for hydroxylation is 1. The van der Waals surface area contributed by atoms with Gasteiger partial charge in [-0.05, 0) is 11.6 Å². The molecule has 3 aromatic rings. The van der Waals surface area contributed by atoms with Crippen LogP contribution in [0.4, 0.5) is 5.82 Å². The van der Waals surface area contributed by atoms with Crippen molar-refractivity contribution >= 4 is 34.5 Å². The van der Waals surface area contributed by atoms with Gasteiger partial charge in [-0.2, -0.15) is 22.1 Å². The summed E-state index contributed by atoms with van der Waals surface area (Å²) in [5.74, 6) is 2.54. The van der Waals surface area contributed by atoms with Crippen molar-refractivity contribution in [1.82, 2.24) is 30.0 Å². The normalized spacial score (nSPS) is 14.4. The summed E-state index contributed by atoms with van der Waals surface area (Å²) in [6, 6.07) is 9.85. The van der Waals surface area contributed by atoms with Crippen LogP contribution in [-0.4, -0.2) is 75.6 Å².